The van der Waals surface area contributed by atoms with E-state index < -0.39 is 12.3 Å². The summed E-state index contributed by atoms with van der Waals surface area (Å²) in [5.41, 5.74) is 5.45. The van der Waals surface area contributed by atoms with E-state index >= 15 is 0 Å². The zero-order valence-electron chi connectivity index (χ0n) is 16.6. The predicted molar refractivity (Wildman–Crippen MR) is 105 cm³/mol. The normalized spacial score (nSPS) is 17.2. The van der Waals surface area contributed by atoms with Crippen LogP contribution in [0.5, 0.6) is 0 Å². The number of rotatable bonds is 13. The SMILES string of the molecule is CCCCCCCCC(=O)N1CCCC[C@H]1OC(=O)NCCCCCN. The molecule has 26 heavy (non-hydrogen) atoms. The van der Waals surface area contributed by atoms with E-state index in [9.17, 15) is 9.59 Å². The van der Waals surface area contributed by atoms with Crippen LogP contribution in [0, 0.1) is 0 Å². The molecule has 0 aromatic heterocycles. The van der Waals surface area contributed by atoms with Crippen LogP contribution in [0.2, 0.25) is 0 Å². The summed E-state index contributed by atoms with van der Waals surface area (Å²) in [5.74, 6) is 0.126. The van der Waals surface area contributed by atoms with Crippen molar-refractivity contribution in [2.75, 3.05) is 19.6 Å². The number of amides is 2. The van der Waals surface area contributed by atoms with Crippen LogP contribution >= 0.6 is 0 Å². The highest BCUT2D eigenvalue weighted by Crippen LogP contribution is 2.20. The van der Waals surface area contributed by atoms with Crippen LogP contribution in [-0.2, 0) is 9.53 Å². The molecule has 0 aliphatic carbocycles. The highest BCUT2D eigenvalue weighted by Gasteiger charge is 2.29. The number of carbonyl (C=O) groups excluding carboxylic acids is 2. The largest absolute Gasteiger partial charge is 0.425 e. The molecule has 0 unspecified atom stereocenters. The molecule has 1 aliphatic heterocycles. The average Bonchev–Trinajstić information content (AvgIpc) is 2.64. The van der Waals surface area contributed by atoms with E-state index in [1.165, 1.54) is 25.7 Å². The average molecular weight is 370 g/mol. The lowest BCUT2D eigenvalue weighted by molar-refractivity contribution is -0.144. The molecule has 1 rings (SSSR count). The Labute approximate surface area is 159 Å². The molecule has 1 fully saturated rings. The number of nitrogens with one attached hydrogen (secondary N) is 1. The smallest absolute Gasteiger partial charge is 0.409 e. The molecule has 0 aromatic carbocycles. The van der Waals surface area contributed by atoms with Crippen molar-refractivity contribution in [3.63, 3.8) is 0 Å². The summed E-state index contributed by atoms with van der Waals surface area (Å²) in [7, 11) is 0. The Balaban J connectivity index is 2.27. The molecule has 3 N–H and O–H groups in total. The number of unbranched alkanes of at least 4 members (excludes halogenated alkanes) is 7. The van der Waals surface area contributed by atoms with Gasteiger partial charge in [0, 0.05) is 25.9 Å². The Morgan fingerprint density at radius 2 is 1.77 bits per heavy atom. The maximum atomic E-state index is 12.5. The van der Waals surface area contributed by atoms with E-state index in [4.69, 9.17) is 10.5 Å². The summed E-state index contributed by atoms with van der Waals surface area (Å²) in [6.45, 7) is 4.18. The zero-order chi connectivity index (χ0) is 19.0. The number of alkyl carbamates (subject to hydrolysis) is 1. The fourth-order valence-corrected chi connectivity index (χ4v) is 3.31. The number of carbonyl (C=O) groups is 2. The van der Waals surface area contributed by atoms with Gasteiger partial charge in [-0.1, -0.05) is 45.4 Å². The van der Waals surface area contributed by atoms with Crippen molar-refractivity contribution >= 4 is 12.0 Å². The number of ether oxygens (including phenoxy) is 1. The van der Waals surface area contributed by atoms with Gasteiger partial charge in [0.05, 0.1) is 0 Å². The van der Waals surface area contributed by atoms with Gasteiger partial charge in [0.1, 0.15) is 0 Å². The summed E-state index contributed by atoms with van der Waals surface area (Å²) in [5, 5.41) is 2.78. The summed E-state index contributed by atoms with van der Waals surface area (Å²) in [6, 6.07) is 0. The molecular weight excluding hydrogens is 330 g/mol. The van der Waals surface area contributed by atoms with Gasteiger partial charge in [-0.2, -0.15) is 0 Å². The quantitative estimate of drug-likeness (QED) is 0.482. The van der Waals surface area contributed by atoms with Crippen molar-refractivity contribution in [3.05, 3.63) is 0 Å². The number of hydrogen-bond acceptors (Lipinski definition) is 4. The number of likely N-dealkylation sites (tertiary alicyclic amines) is 1. The predicted octanol–water partition coefficient (Wildman–Crippen LogP) is 3.93. The first kappa shape index (κ1) is 22.7. The van der Waals surface area contributed by atoms with Gasteiger partial charge < -0.3 is 20.7 Å². The molecule has 0 aromatic rings. The third-order valence-corrected chi connectivity index (χ3v) is 4.91. The Bertz CT molecular complexity index is 390. The molecule has 6 nitrogen and oxygen atoms in total. The maximum Gasteiger partial charge on any atom is 0.409 e. The molecule has 1 heterocycles. The van der Waals surface area contributed by atoms with Crippen LogP contribution in [0.3, 0.4) is 0 Å². The maximum absolute atomic E-state index is 12.5. The lowest BCUT2D eigenvalue weighted by Crippen LogP contribution is -2.47. The first-order valence-corrected chi connectivity index (χ1v) is 10.6. The monoisotopic (exact) mass is 369 g/mol. The molecule has 6 heteroatoms. The Kier molecular flexibility index (Phi) is 13.0. The zero-order valence-corrected chi connectivity index (χ0v) is 16.6. The molecular formula is C20H39N3O3. The molecule has 1 aliphatic rings. The van der Waals surface area contributed by atoms with Gasteiger partial charge >= 0.3 is 6.09 Å². The van der Waals surface area contributed by atoms with E-state index in [1.807, 2.05) is 0 Å². The Hall–Kier alpha value is -1.30. The second-order valence-electron chi connectivity index (χ2n) is 7.24. The number of nitrogens with zero attached hydrogens (tertiary/aromatic N) is 1. The minimum Gasteiger partial charge on any atom is -0.425 e. The first-order valence-electron chi connectivity index (χ1n) is 10.6. The van der Waals surface area contributed by atoms with E-state index in [0.717, 1.165) is 51.4 Å². The van der Waals surface area contributed by atoms with Crippen LogP contribution in [0.4, 0.5) is 4.79 Å². The van der Waals surface area contributed by atoms with Crippen molar-refractivity contribution in [2.45, 2.75) is 96.6 Å². The summed E-state index contributed by atoms with van der Waals surface area (Å²) in [4.78, 5) is 26.3. The van der Waals surface area contributed by atoms with Gasteiger partial charge in [-0.3, -0.25) is 4.79 Å². The fourth-order valence-electron chi connectivity index (χ4n) is 3.31. The molecule has 1 atom stereocenters. The lowest BCUT2D eigenvalue weighted by Gasteiger charge is -2.35. The molecule has 152 valence electrons. The van der Waals surface area contributed by atoms with Gasteiger partial charge in [0.15, 0.2) is 6.23 Å². The molecule has 2 amide bonds. The number of nitrogens with two attached hydrogens (primary N) is 1. The third kappa shape index (κ3) is 10.00. The van der Waals surface area contributed by atoms with Crippen LogP contribution in [0.15, 0.2) is 0 Å². The second-order valence-corrected chi connectivity index (χ2v) is 7.24. The highest BCUT2D eigenvalue weighted by atomic mass is 16.6. The standard InChI is InChI=1S/C20H39N3O3/c1-2-3-4-5-6-8-13-18(24)23-17-12-9-14-19(23)26-20(25)22-16-11-7-10-15-21/h19H,2-17,21H2,1H3,(H,22,25)/t19-/m1/s1. The molecule has 0 saturated carbocycles. The van der Waals surface area contributed by atoms with E-state index in [-0.39, 0.29) is 5.91 Å². The first-order chi connectivity index (χ1) is 12.7. The van der Waals surface area contributed by atoms with Gasteiger partial charge in [-0.05, 0) is 38.6 Å². The second kappa shape index (κ2) is 14.8. The molecule has 1 saturated heterocycles. The van der Waals surface area contributed by atoms with Crippen molar-refractivity contribution in [1.82, 2.24) is 10.2 Å². The summed E-state index contributed by atoms with van der Waals surface area (Å²) in [6.07, 6.45) is 12.3. The van der Waals surface area contributed by atoms with Crippen molar-refractivity contribution in [3.8, 4) is 0 Å². The summed E-state index contributed by atoms with van der Waals surface area (Å²) >= 11 is 0. The van der Waals surface area contributed by atoms with Crippen LogP contribution < -0.4 is 11.1 Å². The molecule has 0 bridgehead atoms. The van der Waals surface area contributed by atoms with Gasteiger partial charge in [-0.15, -0.1) is 0 Å². The highest BCUT2D eigenvalue weighted by molar-refractivity contribution is 5.77. The topological polar surface area (TPSA) is 84.7 Å². The van der Waals surface area contributed by atoms with Crippen molar-refractivity contribution < 1.29 is 14.3 Å². The Morgan fingerprint density at radius 1 is 1.04 bits per heavy atom. The van der Waals surface area contributed by atoms with Gasteiger partial charge in [0.25, 0.3) is 0 Å². The number of piperidine rings is 1. The van der Waals surface area contributed by atoms with E-state index in [1.54, 1.807) is 4.90 Å². The summed E-state index contributed by atoms with van der Waals surface area (Å²) < 4.78 is 5.52. The number of hydrogen-bond donors (Lipinski definition) is 2. The minimum absolute atomic E-state index is 0.126. The molecule has 0 spiro atoms. The van der Waals surface area contributed by atoms with Gasteiger partial charge in [-0.25, -0.2) is 4.79 Å². The minimum atomic E-state index is -0.415. The Morgan fingerprint density at radius 3 is 2.54 bits per heavy atom. The van der Waals surface area contributed by atoms with Gasteiger partial charge in [0.2, 0.25) is 5.91 Å². The van der Waals surface area contributed by atoms with E-state index in [2.05, 4.69) is 12.2 Å². The lowest BCUT2D eigenvalue weighted by atomic mass is 10.1. The van der Waals surface area contributed by atoms with Crippen LogP contribution in [0.1, 0.15) is 90.4 Å². The fraction of sp³-hybridized carbons (Fsp3) is 0.900. The van der Waals surface area contributed by atoms with Crippen LogP contribution in [-0.4, -0.2) is 42.8 Å². The van der Waals surface area contributed by atoms with Crippen molar-refractivity contribution in [1.29, 1.82) is 0 Å². The third-order valence-electron chi connectivity index (χ3n) is 4.91. The van der Waals surface area contributed by atoms with Crippen molar-refractivity contribution in [2.24, 2.45) is 5.73 Å². The van der Waals surface area contributed by atoms with Crippen LogP contribution in [0.25, 0.3) is 0 Å². The molecule has 0 radical (unpaired) electrons. The van der Waals surface area contributed by atoms with E-state index in [0.29, 0.717) is 26.1 Å².